The smallest absolute Gasteiger partial charge is 0.229 e. The van der Waals surface area contributed by atoms with Crippen molar-refractivity contribution >= 4 is 23.1 Å². The molecule has 8 nitrogen and oxygen atoms in total. The number of rotatable bonds is 13. The monoisotopic (exact) mass is 669 g/mol. The molecule has 1 aromatic heterocycles. The van der Waals surface area contributed by atoms with E-state index in [4.69, 9.17) is 26.5 Å². The third-order valence-corrected chi connectivity index (χ3v) is 9.94. The first-order valence-corrected chi connectivity index (χ1v) is 17.4. The van der Waals surface area contributed by atoms with Crippen LogP contribution in [0.1, 0.15) is 78.0 Å². The molecule has 2 aliphatic rings. The van der Waals surface area contributed by atoms with Crippen LogP contribution >= 0.6 is 11.6 Å². The molecule has 0 saturated heterocycles. The van der Waals surface area contributed by atoms with Gasteiger partial charge in [0.1, 0.15) is 17.3 Å². The molecular formula is C39H48ClN5O3. The fourth-order valence-corrected chi connectivity index (χ4v) is 6.81. The minimum Gasteiger partial charge on any atom is -0.496 e. The molecule has 48 heavy (non-hydrogen) atoms. The van der Waals surface area contributed by atoms with Crippen LogP contribution < -0.4 is 21.7 Å². The van der Waals surface area contributed by atoms with Gasteiger partial charge in [0.15, 0.2) is 0 Å². The maximum absolute atomic E-state index is 13.9. The number of hydrogen-bond acceptors (Lipinski definition) is 7. The summed E-state index contributed by atoms with van der Waals surface area (Å²) in [4.78, 5) is 13.9. The molecule has 4 atom stereocenters. The predicted octanol–water partition coefficient (Wildman–Crippen LogP) is 6.36. The summed E-state index contributed by atoms with van der Waals surface area (Å²) >= 11 is 6.81. The number of halogens is 1. The Labute approximate surface area is 289 Å². The summed E-state index contributed by atoms with van der Waals surface area (Å²) in [5, 5.41) is 19.3. The lowest BCUT2D eigenvalue weighted by Crippen LogP contribution is -2.49. The van der Waals surface area contributed by atoms with Crippen molar-refractivity contribution in [3.8, 4) is 6.07 Å². The zero-order valence-electron chi connectivity index (χ0n) is 28.4. The van der Waals surface area contributed by atoms with Gasteiger partial charge in [-0.25, -0.2) is 0 Å². The number of nitrogens with zero attached hydrogens (tertiary/aromatic N) is 1. The molecule has 1 amide bonds. The number of nitrogens with two attached hydrogens (primary N) is 1. The van der Waals surface area contributed by atoms with Gasteiger partial charge in [0.25, 0.3) is 0 Å². The molecule has 5 N–H and O–H groups in total. The van der Waals surface area contributed by atoms with E-state index in [0.29, 0.717) is 48.2 Å². The van der Waals surface area contributed by atoms with Crippen molar-refractivity contribution in [1.29, 1.82) is 5.26 Å². The second-order valence-electron chi connectivity index (χ2n) is 13.3. The average Bonchev–Trinajstić information content (AvgIpc) is 3.56. The number of carbonyl (C=O) groups is 1. The number of allylic oxidation sites excluding steroid dienone is 2. The third-order valence-electron chi connectivity index (χ3n) is 9.54. The zero-order chi connectivity index (χ0) is 34.2. The van der Waals surface area contributed by atoms with E-state index < -0.39 is 11.3 Å². The summed E-state index contributed by atoms with van der Waals surface area (Å²) in [6, 6.07) is 21.0. The Balaban J connectivity index is 1.29. The Kier molecular flexibility index (Phi) is 12.2. The molecule has 3 aromatic rings. The standard InChI is InChI=1S/C39H48ClN5O3/c1-24-5-8-28(9-6-24)26(3)43-23-33-15-16-37(48-33)35-19-34(36(40)20-38(35)47-4)39(46)45-32(22-44-31-13-11-30(42)12-14-31)18-27-7-10-29(21-41)25(2)17-27/h5-10,15-17,19-20,26,30-32,34,36,43-44H,11-14,18,22-23,42H2,1-4H3,(H,45,46)/t26-,30-,31+,32-,34?,36?/m1/s1. The van der Waals surface area contributed by atoms with Crippen LogP contribution in [0.15, 0.2) is 76.9 Å². The van der Waals surface area contributed by atoms with Crippen LogP contribution in [0.5, 0.6) is 0 Å². The number of methoxy groups -OCH3 is 1. The van der Waals surface area contributed by atoms with Gasteiger partial charge in [-0.05, 0) is 93.8 Å². The molecule has 1 saturated carbocycles. The van der Waals surface area contributed by atoms with Gasteiger partial charge in [0.2, 0.25) is 5.91 Å². The van der Waals surface area contributed by atoms with Crippen molar-refractivity contribution in [1.82, 2.24) is 16.0 Å². The lowest BCUT2D eigenvalue weighted by Gasteiger charge is -2.30. The summed E-state index contributed by atoms with van der Waals surface area (Å²) in [6.45, 7) is 7.30. The van der Waals surface area contributed by atoms with Gasteiger partial charge in [-0.15, -0.1) is 11.6 Å². The first-order valence-electron chi connectivity index (χ1n) is 16.9. The molecular weight excluding hydrogens is 622 g/mol. The lowest BCUT2D eigenvalue weighted by atomic mass is 9.91. The van der Waals surface area contributed by atoms with Crippen molar-refractivity contribution in [2.45, 2.75) is 89.0 Å². The summed E-state index contributed by atoms with van der Waals surface area (Å²) in [5.74, 6) is 1.17. The molecule has 1 fully saturated rings. The molecule has 0 spiro atoms. The van der Waals surface area contributed by atoms with Crippen molar-refractivity contribution in [3.05, 3.63) is 112 Å². The summed E-state index contributed by atoms with van der Waals surface area (Å²) < 4.78 is 12.0. The topological polar surface area (TPSA) is 125 Å². The summed E-state index contributed by atoms with van der Waals surface area (Å²) in [7, 11) is 1.59. The minimum atomic E-state index is -0.633. The highest BCUT2D eigenvalue weighted by Gasteiger charge is 2.32. The largest absolute Gasteiger partial charge is 0.496 e. The van der Waals surface area contributed by atoms with Gasteiger partial charge in [-0.2, -0.15) is 5.26 Å². The number of furan rings is 1. The number of carbonyl (C=O) groups excluding carboxylic acids is 1. The maximum atomic E-state index is 13.9. The van der Waals surface area contributed by atoms with Crippen molar-refractivity contribution in [3.63, 3.8) is 0 Å². The number of ether oxygens (including phenoxy) is 1. The van der Waals surface area contributed by atoms with Gasteiger partial charge in [0.05, 0.1) is 42.2 Å². The molecule has 0 bridgehead atoms. The number of hydrogen-bond donors (Lipinski definition) is 4. The molecule has 2 aromatic carbocycles. The van der Waals surface area contributed by atoms with Crippen molar-refractivity contribution < 1.29 is 13.9 Å². The molecule has 0 radical (unpaired) electrons. The van der Waals surface area contributed by atoms with Crippen LogP contribution in [0.25, 0.3) is 5.57 Å². The van der Waals surface area contributed by atoms with Crippen molar-refractivity contribution in [2.24, 2.45) is 11.7 Å². The molecule has 5 rings (SSSR count). The quantitative estimate of drug-likeness (QED) is 0.156. The lowest BCUT2D eigenvalue weighted by molar-refractivity contribution is -0.124. The Bertz CT molecular complexity index is 1650. The highest BCUT2D eigenvalue weighted by Crippen LogP contribution is 2.35. The van der Waals surface area contributed by atoms with Crippen LogP contribution in [0.3, 0.4) is 0 Å². The normalized spacial score (nSPS) is 22.2. The minimum absolute atomic E-state index is 0.152. The average molecular weight is 670 g/mol. The molecule has 2 aliphatic carbocycles. The number of amides is 1. The van der Waals surface area contributed by atoms with E-state index >= 15 is 0 Å². The fraction of sp³-hybridized carbons (Fsp3) is 0.436. The Morgan fingerprint density at radius 2 is 1.83 bits per heavy atom. The Morgan fingerprint density at radius 1 is 1.08 bits per heavy atom. The van der Waals surface area contributed by atoms with Crippen LogP contribution in [-0.2, 0) is 22.5 Å². The van der Waals surface area contributed by atoms with E-state index in [2.05, 4.69) is 60.1 Å². The Morgan fingerprint density at radius 3 is 2.52 bits per heavy atom. The van der Waals surface area contributed by atoms with Crippen LogP contribution in [0.4, 0.5) is 0 Å². The highest BCUT2D eigenvalue weighted by atomic mass is 35.5. The summed E-state index contributed by atoms with van der Waals surface area (Å²) in [6.07, 6.45) is 8.29. The highest BCUT2D eigenvalue weighted by molar-refractivity contribution is 6.24. The number of nitrogens with one attached hydrogen (secondary N) is 3. The zero-order valence-corrected chi connectivity index (χ0v) is 29.1. The molecule has 0 aliphatic heterocycles. The van der Waals surface area contributed by atoms with E-state index in [1.165, 1.54) is 11.1 Å². The maximum Gasteiger partial charge on any atom is 0.229 e. The SMILES string of the molecule is COC1=CC(Cl)C(C(=O)N[C@@H](CN[C@H]2CC[C@@H](N)CC2)Cc2ccc(C#N)c(C)c2)C=C1c1ccc(CN[C@H](C)c2ccc(C)cc2)o1. The summed E-state index contributed by atoms with van der Waals surface area (Å²) in [5.41, 5.74) is 11.9. The fourth-order valence-electron chi connectivity index (χ4n) is 6.50. The predicted molar refractivity (Wildman–Crippen MR) is 191 cm³/mol. The number of nitriles is 1. The van der Waals surface area contributed by atoms with E-state index in [9.17, 15) is 10.1 Å². The van der Waals surface area contributed by atoms with Crippen LogP contribution in [0.2, 0.25) is 0 Å². The third kappa shape index (κ3) is 9.18. The molecule has 9 heteroatoms. The number of benzene rings is 2. The van der Waals surface area contributed by atoms with Crippen LogP contribution in [0, 0.1) is 31.1 Å². The van der Waals surface area contributed by atoms with Crippen LogP contribution in [-0.4, -0.2) is 43.1 Å². The second kappa shape index (κ2) is 16.5. The van der Waals surface area contributed by atoms with E-state index in [1.807, 2.05) is 43.3 Å². The van der Waals surface area contributed by atoms with Gasteiger partial charge < -0.3 is 30.8 Å². The Hall–Kier alpha value is -3.87. The molecule has 1 heterocycles. The van der Waals surface area contributed by atoms with Crippen molar-refractivity contribution in [2.75, 3.05) is 13.7 Å². The van der Waals surface area contributed by atoms with E-state index in [1.54, 1.807) is 13.2 Å². The number of aryl methyl sites for hydroxylation is 2. The first-order chi connectivity index (χ1) is 23.1. The van der Waals surface area contributed by atoms with Gasteiger partial charge in [-0.3, -0.25) is 4.79 Å². The number of alkyl halides is 1. The molecule has 2 unspecified atom stereocenters. The van der Waals surface area contributed by atoms with Gasteiger partial charge in [0, 0.05) is 30.7 Å². The first kappa shape index (κ1) is 35.4. The van der Waals surface area contributed by atoms with E-state index in [0.717, 1.165) is 42.6 Å². The van der Waals surface area contributed by atoms with Gasteiger partial charge in [-0.1, -0.05) is 48.0 Å². The molecule has 254 valence electrons. The van der Waals surface area contributed by atoms with E-state index in [-0.39, 0.29) is 24.0 Å². The second-order valence-corrected chi connectivity index (χ2v) is 13.8. The van der Waals surface area contributed by atoms with Gasteiger partial charge >= 0.3 is 0 Å².